The van der Waals surface area contributed by atoms with Gasteiger partial charge in [0.2, 0.25) is 5.91 Å². The lowest BCUT2D eigenvalue weighted by Crippen LogP contribution is -2.26. The van der Waals surface area contributed by atoms with Crippen molar-refractivity contribution >= 4 is 21.8 Å². The SMILES string of the molecule is CON(C)C(=O)Cc1cncc(Br)c1. The van der Waals surface area contributed by atoms with Crippen molar-refractivity contribution in [3.05, 3.63) is 28.5 Å². The van der Waals surface area contributed by atoms with Gasteiger partial charge in [0.15, 0.2) is 0 Å². The van der Waals surface area contributed by atoms with E-state index in [0.29, 0.717) is 0 Å². The van der Waals surface area contributed by atoms with Crippen LogP contribution >= 0.6 is 15.9 Å². The van der Waals surface area contributed by atoms with Crippen LogP contribution in [0.5, 0.6) is 0 Å². The van der Waals surface area contributed by atoms with Crippen molar-refractivity contribution < 1.29 is 9.63 Å². The van der Waals surface area contributed by atoms with Gasteiger partial charge in [-0.25, -0.2) is 5.06 Å². The zero-order chi connectivity index (χ0) is 10.6. The molecule has 0 atom stereocenters. The highest BCUT2D eigenvalue weighted by atomic mass is 79.9. The molecule has 76 valence electrons. The van der Waals surface area contributed by atoms with Crippen LogP contribution in [0.3, 0.4) is 0 Å². The highest BCUT2D eigenvalue weighted by molar-refractivity contribution is 9.10. The number of hydrogen-bond donors (Lipinski definition) is 0. The molecule has 1 aromatic rings. The van der Waals surface area contributed by atoms with Crippen molar-refractivity contribution in [1.29, 1.82) is 0 Å². The van der Waals surface area contributed by atoms with Gasteiger partial charge in [-0.05, 0) is 27.6 Å². The number of halogens is 1. The Balaban J connectivity index is 2.65. The maximum Gasteiger partial charge on any atom is 0.250 e. The maximum absolute atomic E-state index is 11.4. The normalized spacial score (nSPS) is 9.93. The first-order valence-corrected chi connectivity index (χ1v) is 4.83. The van der Waals surface area contributed by atoms with Crippen molar-refractivity contribution in [1.82, 2.24) is 10.0 Å². The second-order valence-electron chi connectivity index (χ2n) is 2.76. The number of amides is 1. The molecule has 0 radical (unpaired) electrons. The first kappa shape index (κ1) is 11.1. The average molecular weight is 259 g/mol. The van der Waals surface area contributed by atoms with E-state index < -0.39 is 0 Å². The van der Waals surface area contributed by atoms with Crippen LogP contribution in [0, 0.1) is 0 Å². The third-order valence-electron chi connectivity index (χ3n) is 1.74. The van der Waals surface area contributed by atoms with Crippen molar-refractivity contribution in [2.45, 2.75) is 6.42 Å². The smallest absolute Gasteiger partial charge is 0.250 e. The van der Waals surface area contributed by atoms with Crippen molar-refractivity contribution in [2.75, 3.05) is 14.2 Å². The molecule has 1 aromatic heterocycles. The Labute approximate surface area is 91.0 Å². The predicted molar refractivity (Wildman–Crippen MR) is 55.4 cm³/mol. The summed E-state index contributed by atoms with van der Waals surface area (Å²) in [5.74, 6) is -0.104. The van der Waals surface area contributed by atoms with Gasteiger partial charge in [-0.2, -0.15) is 0 Å². The summed E-state index contributed by atoms with van der Waals surface area (Å²) in [6.45, 7) is 0. The number of carbonyl (C=O) groups excluding carboxylic acids is 1. The molecule has 1 rings (SSSR count). The lowest BCUT2D eigenvalue weighted by atomic mass is 10.2. The van der Waals surface area contributed by atoms with Gasteiger partial charge in [-0.1, -0.05) is 0 Å². The molecule has 0 aromatic carbocycles. The molecular weight excluding hydrogens is 248 g/mol. The maximum atomic E-state index is 11.4. The summed E-state index contributed by atoms with van der Waals surface area (Å²) in [4.78, 5) is 20.1. The Morgan fingerprint density at radius 2 is 2.36 bits per heavy atom. The van der Waals surface area contributed by atoms with Crippen LogP contribution in [-0.2, 0) is 16.1 Å². The van der Waals surface area contributed by atoms with Crippen LogP contribution in [0.15, 0.2) is 22.9 Å². The van der Waals surface area contributed by atoms with E-state index in [1.807, 2.05) is 6.07 Å². The molecule has 1 amide bonds. The Hall–Kier alpha value is -0.940. The average Bonchev–Trinajstić information content (AvgIpc) is 2.16. The van der Waals surface area contributed by atoms with Crippen molar-refractivity contribution in [3.63, 3.8) is 0 Å². The highest BCUT2D eigenvalue weighted by Gasteiger charge is 2.08. The van der Waals surface area contributed by atoms with E-state index in [2.05, 4.69) is 20.9 Å². The summed E-state index contributed by atoms with van der Waals surface area (Å²) < 4.78 is 0.864. The fourth-order valence-corrected chi connectivity index (χ4v) is 1.35. The zero-order valence-corrected chi connectivity index (χ0v) is 9.61. The van der Waals surface area contributed by atoms with Crippen LogP contribution < -0.4 is 0 Å². The summed E-state index contributed by atoms with van der Waals surface area (Å²) in [7, 11) is 3.03. The van der Waals surface area contributed by atoms with E-state index in [0.717, 1.165) is 10.0 Å². The van der Waals surface area contributed by atoms with Gasteiger partial charge in [-0.15, -0.1) is 0 Å². The molecule has 0 fully saturated rings. The molecule has 0 unspecified atom stereocenters. The van der Waals surface area contributed by atoms with Gasteiger partial charge >= 0.3 is 0 Å². The van der Waals surface area contributed by atoms with E-state index in [9.17, 15) is 4.79 Å². The lowest BCUT2D eigenvalue weighted by Gasteiger charge is -2.13. The molecular formula is C9H11BrN2O2. The van der Waals surface area contributed by atoms with E-state index >= 15 is 0 Å². The third kappa shape index (κ3) is 3.08. The number of hydrogen-bond acceptors (Lipinski definition) is 3. The van der Waals surface area contributed by atoms with E-state index in [1.165, 1.54) is 12.2 Å². The van der Waals surface area contributed by atoms with Crippen LogP contribution in [0.1, 0.15) is 5.56 Å². The van der Waals surface area contributed by atoms with Crippen LogP contribution in [0.2, 0.25) is 0 Å². The topological polar surface area (TPSA) is 42.4 Å². The number of nitrogens with zero attached hydrogens (tertiary/aromatic N) is 2. The van der Waals surface area contributed by atoms with E-state index in [4.69, 9.17) is 4.84 Å². The van der Waals surface area contributed by atoms with E-state index in [1.54, 1.807) is 19.4 Å². The predicted octanol–water partition coefficient (Wildman–Crippen LogP) is 1.41. The summed E-state index contributed by atoms with van der Waals surface area (Å²) in [5.41, 5.74) is 0.855. The molecule has 0 aliphatic rings. The molecule has 4 nitrogen and oxygen atoms in total. The molecule has 0 aliphatic carbocycles. The van der Waals surface area contributed by atoms with Gasteiger partial charge in [-0.3, -0.25) is 14.6 Å². The molecule has 5 heteroatoms. The van der Waals surface area contributed by atoms with E-state index in [-0.39, 0.29) is 12.3 Å². The lowest BCUT2D eigenvalue weighted by molar-refractivity contribution is -0.167. The van der Waals surface area contributed by atoms with Gasteiger partial charge in [0.1, 0.15) is 0 Å². The van der Waals surface area contributed by atoms with Gasteiger partial charge < -0.3 is 0 Å². The standard InChI is InChI=1S/C9H11BrN2O2/c1-12(14-2)9(13)4-7-3-8(10)6-11-5-7/h3,5-6H,4H2,1-2H3. The first-order chi connectivity index (χ1) is 6.63. The Morgan fingerprint density at radius 1 is 1.64 bits per heavy atom. The largest absolute Gasteiger partial charge is 0.275 e. The third-order valence-corrected chi connectivity index (χ3v) is 2.18. The zero-order valence-electron chi connectivity index (χ0n) is 8.03. The van der Waals surface area contributed by atoms with Crippen molar-refractivity contribution in [3.8, 4) is 0 Å². The van der Waals surface area contributed by atoms with Crippen molar-refractivity contribution in [2.24, 2.45) is 0 Å². The minimum absolute atomic E-state index is 0.104. The Bertz CT molecular complexity index is 330. The number of pyridine rings is 1. The minimum Gasteiger partial charge on any atom is -0.275 e. The number of carbonyl (C=O) groups is 1. The molecule has 0 saturated heterocycles. The molecule has 0 spiro atoms. The number of likely N-dealkylation sites (N-methyl/N-ethyl adjacent to an activating group) is 1. The minimum atomic E-state index is -0.104. The fourth-order valence-electron chi connectivity index (χ4n) is 0.940. The molecule has 14 heavy (non-hydrogen) atoms. The molecule has 1 heterocycles. The fraction of sp³-hybridized carbons (Fsp3) is 0.333. The van der Waals surface area contributed by atoms with Gasteiger partial charge in [0, 0.05) is 23.9 Å². The Kier molecular flexibility index (Phi) is 4.03. The second kappa shape index (κ2) is 5.07. The van der Waals surface area contributed by atoms with Crippen LogP contribution in [-0.4, -0.2) is 30.1 Å². The molecule has 0 bridgehead atoms. The van der Waals surface area contributed by atoms with Crippen LogP contribution in [0.4, 0.5) is 0 Å². The van der Waals surface area contributed by atoms with Crippen LogP contribution in [0.25, 0.3) is 0 Å². The molecule has 0 aliphatic heterocycles. The number of hydroxylamine groups is 2. The molecule has 0 saturated carbocycles. The summed E-state index contributed by atoms with van der Waals surface area (Å²) >= 11 is 3.29. The Morgan fingerprint density at radius 3 is 2.93 bits per heavy atom. The van der Waals surface area contributed by atoms with Gasteiger partial charge in [0.05, 0.1) is 13.5 Å². The van der Waals surface area contributed by atoms with Gasteiger partial charge in [0.25, 0.3) is 0 Å². The summed E-state index contributed by atoms with van der Waals surface area (Å²) in [6, 6.07) is 1.86. The summed E-state index contributed by atoms with van der Waals surface area (Å²) in [6.07, 6.45) is 3.62. The highest BCUT2D eigenvalue weighted by Crippen LogP contribution is 2.10. The summed E-state index contributed by atoms with van der Waals surface area (Å²) in [5, 5.41) is 1.20. The molecule has 0 N–H and O–H groups in total. The monoisotopic (exact) mass is 258 g/mol. The number of rotatable bonds is 3. The quantitative estimate of drug-likeness (QED) is 0.771. The second-order valence-corrected chi connectivity index (χ2v) is 3.68. The number of aromatic nitrogens is 1. The first-order valence-electron chi connectivity index (χ1n) is 4.03.